The summed E-state index contributed by atoms with van der Waals surface area (Å²) in [7, 11) is 2.18. The van der Waals surface area contributed by atoms with E-state index in [9.17, 15) is 0 Å². The lowest BCUT2D eigenvalue weighted by Crippen LogP contribution is -2.18. The molecule has 2 aliphatic rings. The van der Waals surface area contributed by atoms with Crippen LogP contribution in [0.5, 0.6) is 0 Å². The minimum absolute atomic E-state index is 0.00682. The highest BCUT2D eigenvalue weighted by Gasteiger charge is 2.37. The summed E-state index contributed by atoms with van der Waals surface area (Å²) in [5, 5.41) is 0. The fourth-order valence-electron chi connectivity index (χ4n) is 5.88. The van der Waals surface area contributed by atoms with Gasteiger partial charge < -0.3 is 4.90 Å². The van der Waals surface area contributed by atoms with Crippen molar-refractivity contribution in [1.29, 1.82) is 0 Å². The molecule has 1 heteroatoms. The molecule has 0 bridgehead atoms. The molecule has 0 heterocycles. The maximum absolute atomic E-state index is 4.12. The van der Waals surface area contributed by atoms with Crippen LogP contribution in [0.2, 0.25) is 0 Å². The van der Waals surface area contributed by atoms with Crippen molar-refractivity contribution >= 4 is 16.9 Å². The zero-order chi connectivity index (χ0) is 25.5. The number of hydrogen-bond donors (Lipinski definition) is 0. The van der Waals surface area contributed by atoms with Crippen molar-refractivity contribution in [3.05, 3.63) is 113 Å². The van der Waals surface area contributed by atoms with E-state index >= 15 is 0 Å². The van der Waals surface area contributed by atoms with Crippen LogP contribution in [0, 0.1) is 0 Å². The molecule has 0 fully saturated rings. The standard InChI is InChI=1S/C32H33N.C2H6/c1-8-12-23-25-17-15-21(19-29(25)31(3,4)27(23)9-2)33(7)22-16-18-26-24-13-10-11-14-28(24)32(5,6)30(26)20-22;1-2/h8-20H,2H2,1,3-7H3;1-2H3/b12-8-;. The van der Waals surface area contributed by atoms with Crippen molar-refractivity contribution in [3.63, 3.8) is 0 Å². The third-order valence-corrected chi connectivity index (χ3v) is 7.81. The molecule has 0 N–H and O–H groups in total. The van der Waals surface area contributed by atoms with Gasteiger partial charge in [0.1, 0.15) is 0 Å². The van der Waals surface area contributed by atoms with Gasteiger partial charge in [0.2, 0.25) is 0 Å². The molecule has 35 heavy (non-hydrogen) atoms. The molecule has 0 radical (unpaired) electrons. The van der Waals surface area contributed by atoms with Crippen LogP contribution in [0.15, 0.2) is 91.0 Å². The molecule has 0 unspecified atom stereocenters. The van der Waals surface area contributed by atoms with Crippen LogP contribution < -0.4 is 4.90 Å². The molecule has 3 aromatic rings. The average molecular weight is 462 g/mol. The van der Waals surface area contributed by atoms with Gasteiger partial charge in [0.15, 0.2) is 0 Å². The number of hydrogen-bond acceptors (Lipinski definition) is 1. The molecule has 1 nitrogen and oxygen atoms in total. The molecule has 180 valence electrons. The SMILES string of the molecule is C=CC1=C(/C=C\C)c2ccc(N(C)c3ccc4c(c3)C(C)(C)c3ccccc3-4)cc2C1(C)C.CC. The summed E-state index contributed by atoms with van der Waals surface area (Å²) in [6, 6.07) is 22.6. The predicted octanol–water partition coefficient (Wildman–Crippen LogP) is 9.59. The molecule has 0 saturated heterocycles. The van der Waals surface area contributed by atoms with Crippen molar-refractivity contribution in [2.45, 2.75) is 59.3 Å². The maximum Gasteiger partial charge on any atom is 0.0411 e. The van der Waals surface area contributed by atoms with Crippen LogP contribution >= 0.6 is 0 Å². The lowest BCUT2D eigenvalue weighted by atomic mass is 9.81. The van der Waals surface area contributed by atoms with Gasteiger partial charge >= 0.3 is 0 Å². The molecule has 5 rings (SSSR count). The largest absolute Gasteiger partial charge is 0.345 e. The van der Waals surface area contributed by atoms with E-state index in [1.807, 2.05) is 19.9 Å². The summed E-state index contributed by atoms with van der Waals surface area (Å²) in [6.45, 7) is 19.5. The Morgan fingerprint density at radius 2 is 1.26 bits per heavy atom. The first-order valence-corrected chi connectivity index (χ1v) is 12.8. The molecule has 0 amide bonds. The van der Waals surface area contributed by atoms with Crippen LogP contribution in [0.1, 0.15) is 70.7 Å². The van der Waals surface area contributed by atoms with Gasteiger partial charge in [-0.1, -0.05) is 103 Å². The summed E-state index contributed by atoms with van der Waals surface area (Å²) in [4.78, 5) is 2.32. The summed E-state index contributed by atoms with van der Waals surface area (Å²) in [5.74, 6) is 0. The zero-order valence-corrected chi connectivity index (χ0v) is 22.7. The minimum atomic E-state index is -0.0651. The molecule has 3 aromatic carbocycles. The Morgan fingerprint density at radius 1 is 0.714 bits per heavy atom. The van der Waals surface area contributed by atoms with Gasteiger partial charge in [-0.15, -0.1) is 0 Å². The van der Waals surface area contributed by atoms with E-state index in [-0.39, 0.29) is 10.8 Å². The van der Waals surface area contributed by atoms with Crippen molar-refractivity contribution in [3.8, 4) is 11.1 Å². The van der Waals surface area contributed by atoms with Gasteiger partial charge in [0.05, 0.1) is 0 Å². The summed E-state index contributed by atoms with van der Waals surface area (Å²) in [6.07, 6.45) is 6.36. The van der Waals surface area contributed by atoms with E-state index < -0.39 is 0 Å². The highest BCUT2D eigenvalue weighted by Crippen LogP contribution is 2.51. The average Bonchev–Trinajstić information content (AvgIpc) is 3.23. The third kappa shape index (κ3) is 3.69. The number of anilines is 2. The van der Waals surface area contributed by atoms with Gasteiger partial charge in [0, 0.05) is 29.3 Å². The van der Waals surface area contributed by atoms with E-state index in [0.29, 0.717) is 0 Å². The Kier molecular flexibility index (Phi) is 6.40. The number of allylic oxidation sites excluding steroid dienone is 5. The first-order chi connectivity index (χ1) is 16.7. The summed E-state index contributed by atoms with van der Waals surface area (Å²) < 4.78 is 0. The zero-order valence-electron chi connectivity index (χ0n) is 22.7. The Bertz CT molecular complexity index is 1350. The normalized spacial score (nSPS) is 16.3. The Balaban J connectivity index is 0.00000141. The number of nitrogens with zero attached hydrogens (tertiary/aromatic N) is 1. The molecule has 0 spiro atoms. The van der Waals surface area contributed by atoms with Crippen molar-refractivity contribution < 1.29 is 0 Å². The lowest BCUT2D eigenvalue weighted by molar-refractivity contribution is 0.654. The van der Waals surface area contributed by atoms with Crippen LogP contribution in [0.25, 0.3) is 16.7 Å². The number of benzene rings is 3. The quantitative estimate of drug-likeness (QED) is 0.374. The van der Waals surface area contributed by atoms with Gasteiger partial charge in [-0.3, -0.25) is 0 Å². The summed E-state index contributed by atoms with van der Waals surface area (Å²) >= 11 is 0. The van der Waals surface area contributed by atoms with Gasteiger partial charge in [0.25, 0.3) is 0 Å². The van der Waals surface area contributed by atoms with Gasteiger partial charge in [-0.25, -0.2) is 0 Å². The fraction of sp³-hybridized carbons (Fsp3) is 0.294. The topological polar surface area (TPSA) is 3.24 Å². The van der Waals surface area contributed by atoms with Gasteiger partial charge in [-0.2, -0.15) is 0 Å². The molecule has 0 saturated carbocycles. The van der Waals surface area contributed by atoms with Crippen LogP contribution in [-0.4, -0.2) is 7.05 Å². The number of rotatable bonds is 4. The Morgan fingerprint density at radius 3 is 1.86 bits per heavy atom. The van der Waals surface area contributed by atoms with Crippen LogP contribution in [0.4, 0.5) is 11.4 Å². The molecule has 2 aliphatic carbocycles. The highest BCUT2D eigenvalue weighted by molar-refractivity contribution is 5.89. The minimum Gasteiger partial charge on any atom is -0.345 e. The third-order valence-electron chi connectivity index (χ3n) is 7.81. The van der Waals surface area contributed by atoms with E-state index in [1.165, 1.54) is 55.9 Å². The molecule has 0 aromatic heterocycles. The predicted molar refractivity (Wildman–Crippen MR) is 155 cm³/mol. The molecule has 0 aliphatic heterocycles. The first kappa shape index (κ1) is 24.8. The number of fused-ring (bicyclic) bond motifs is 4. The first-order valence-electron chi connectivity index (χ1n) is 12.8. The second-order valence-electron chi connectivity index (χ2n) is 10.3. The monoisotopic (exact) mass is 461 g/mol. The van der Waals surface area contributed by atoms with Crippen molar-refractivity contribution in [2.24, 2.45) is 0 Å². The molecular weight excluding hydrogens is 422 g/mol. The van der Waals surface area contributed by atoms with Crippen LogP contribution in [-0.2, 0) is 10.8 Å². The second-order valence-corrected chi connectivity index (χ2v) is 10.3. The van der Waals surface area contributed by atoms with E-state index in [0.717, 1.165) is 0 Å². The molecule has 0 atom stereocenters. The van der Waals surface area contributed by atoms with E-state index in [1.54, 1.807) is 0 Å². The fourth-order valence-corrected chi connectivity index (χ4v) is 5.88. The second kappa shape index (κ2) is 9.04. The Hall–Kier alpha value is -3.32. The van der Waals surface area contributed by atoms with E-state index in [4.69, 9.17) is 0 Å². The highest BCUT2D eigenvalue weighted by atomic mass is 15.1. The van der Waals surface area contributed by atoms with Crippen molar-refractivity contribution in [2.75, 3.05) is 11.9 Å². The van der Waals surface area contributed by atoms with Crippen molar-refractivity contribution in [1.82, 2.24) is 0 Å². The van der Waals surface area contributed by atoms with Crippen LogP contribution in [0.3, 0.4) is 0 Å². The summed E-state index contributed by atoms with van der Waals surface area (Å²) in [5.41, 5.74) is 13.2. The maximum atomic E-state index is 4.12. The Labute approximate surface area is 212 Å². The van der Waals surface area contributed by atoms with Gasteiger partial charge in [-0.05, 0) is 75.7 Å². The molecular formula is C34H39N. The smallest absolute Gasteiger partial charge is 0.0411 e. The lowest BCUT2D eigenvalue weighted by Gasteiger charge is -2.27. The van der Waals surface area contributed by atoms with E-state index in [2.05, 4.69) is 126 Å².